The van der Waals surface area contributed by atoms with Crippen molar-refractivity contribution in [3.05, 3.63) is 17.2 Å². The Hall–Kier alpha value is -1.66. The van der Waals surface area contributed by atoms with Crippen LogP contribution in [0.25, 0.3) is 0 Å². The molecule has 88 valence electrons. The number of hydrogen-bond acceptors (Lipinski definition) is 4. The van der Waals surface area contributed by atoms with Crippen LogP contribution in [0.5, 0.6) is 5.75 Å². The van der Waals surface area contributed by atoms with E-state index < -0.39 is 6.03 Å². The van der Waals surface area contributed by atoms with E-state index in [0.717, 1.165) is 4.90 Å². The number of amides is 2. The Labute approximate surface area is 97.0 Å². The molecule has 7 heteroatoms. The molecule has 0 fully saturated rings. The van der Waals surface area contributed by atoms with Gasteiger partial charge in [0.15, 0.2) is 0 Å². The predicted molar refractivity (Wildman–Crippen MR) is 61.5 cm³/mol. The zero-order chi connectivity index (χ0) is 12.3. The first kappa shape index (κ1) is 12.4. The fourth-order valence-electron chi connectivity index (χ4n) is 1.23. The molecule has 0 heterocycles. The second-order valence-electron chi connectivity index (χ2n) is 3.08. The van der Waals surface area contributed by atoms with Crippen LogP contribution >= 0.6 is 11.6 Å². The number of anilines is 2. The number of nitrogens with two attached hydrogens (primary N) is 2. The number of nitrogens with zero attached hydrogens (tertiary/aromatic N) is 1. The van der Waals surface area contributed by atoms with E-state index in [1.165, 1.54) is 12.1 Å². The van der Waals surface area contributed by atoms with Gasteiger partial charge in [-0.15, -0.1) is 0 Å². The Bertz CT molecular complexity index is 411. The third-order valence-electron chi connectivity index (χ3n) is 1.97. The number of aliphatic hydroxyl groups excluding tert-OH is 1. The molecule has 0 aliphatic heterocycles. The number of phenolic OH excluding ortho intramolecular Hbond substituents is 1. The van der Waals surface area contributed by atoms with Gasteiger partial charge >= 0.3 is 6.03 Å². The number of phenols is 1. The fraction of sp³-hybridized carbons (Fsp3) is 0.222. The minimum absolute atomic E-state index is 0.0386. The number of carbonyl (C=O) groups is 1. The van der Waals surface area contributed by atoms with E-state index in [-0.39, 0.29) is 35.3 Å². The van der Waals surface area contributed by atoms with Gasteiger partial charge in [-0.25, -0.2) is 4.79 Å². The summed E-state index contributed by atoms with van der Waals surface area (Å²) in [4.78, 5) is 12.1. The topological polar surface area (TPSA) is 113 Å². The van der Waals surface area contributed by atoms with Gasteiger partial charge in [-0.05, 0) is 6.07 Å². The first-order chi connectivity index (χ1) is 7.47. The Morgan fingerprint density at radius 3 is 2.62 bits per heavy atom. The summed E-state index contributed by atoms with van der Waals surface area (Å²) >= 11 is 5.76. The molecular formula is C9H12ClN3O3. The van der Waals surface area contributed by atoms with Gasteiger partial charge in [0.05, 0.1) is 29.5 Å². The van der Waals surface area contributed by atoms with Crippen LogP contribution in [0.1, 0.15) is 0 Å². The molecule has 6 nitrogen and oxygen atoms in total. The van der Waals surface area contributed by atoms with E-state index in [4.69, 9.17) is 28.2 Å². The van der Waals surface area contributed by atoms with E-state index in [0.29, 0.717) is 0 Å². The number of aliphatic hydroxyl groups is 1. The summed E-state index contributed by atoms with van der Waals surface area (Å²) in [5, 5.41) is 18.6. The number of hydrogen-bond donors (Lipinski definition) is 4. The van der Waals surface area contributed by atoms with E-state index in [9.17, 15) is 9.90 Å². The lowest BCUT2D eigenvalue weighted by Crippen LogP contribution is -2.37. The minimum atomic E-state index is -0.801. The highest BCUT2D eigenvalue weighted by molar-refractivity contribution is 6.33. The van der Waals surface area contributed by atoms with Crippen molar-refractivity contribution in [3.8, 4) is 5.75 Å². The largest absolute Gasteiger partial charge is 0.506 e. The third kappa shape index (κ3) is 2.47. The molecule has 0 saturated heterocycles. The molecule has 1 rings (SSSR count). The molecule has 0 aliphatic rings. The van der Waals surface area contributed by atoms with Crippen molar-refractivity contribution < 1.29 is 15.0 Å². The molecule has 0 unspecified atom stereocenters. The summed E-state index contributed by atoms with van der Waals surface area (Å²) in [7, 11) is 0. The number of rotatable bonds is 3. The summed E-state index contributed by atoms with van der Waals surface area (Å²) < 4.78 is 0. The van der Waals surface area contributed by atoms with Gasteiger partial charge in [0.25, 0.3) is 0 Å². The molecule has 1 aromatic carbocycles. The van der Waals surface area contributed by atoms with Crippen molar-refractivity contribution in [1.82, 2.24) is 0 Å². The number of carbonyl (C=O) groups excluding carboxylic acids is 1. The van der Waals surface area contributed by atoms with E-state index >= 15 is 0 Å². The lowest BCUT2D eigenvalue weighted by atomic mass is 10.2. The van der Waals surface area contributed by atoms with Crippen LogP contribution in [0.2, 0.25) is 5.02 Å². The van der Waals surface area contributed by atoms with Gasteiger partial charge in [-0.2, -0.15) is 0 Å². The van der Waals surface area contributed by atoms with E-state index in [1.54, 1.807) is 0 Å². The van der Waals surface area contributed by atoms with Crippen LogP contribution in [0.15, 0.2) is 12.1 Å². The van der Waals surface area contributed by atoms with Gasteiger partial charge in [-0.3, -0.25) is 4.90 Å². The highest BCUT2D eigenvalue weighted by Gasteiger charge is 2.17. The summed E-state index contributed by atoms with van der Waals surface area (Å²) in [6.07, 6.45) is 0. The number of nitrogen functional groups attached to an aromatic ring is 1. The smallest absolute Gasteiger partial charge is 0.319 e. The maximum absolute atomic E-state index is 11.1. The lowest BCUT2D eigenvalue weighted by Gasteiger charge is -2.20. The molecule has 0 atom stereocenters. The average molecular weight is 246 g/mol. The number of primary amides is 1. The normalized spacial score (nSPS) is 10.1. The molecule has 16 heavy (non-hydrogen) atoms. The first-order valence-electron chi connectivity index (χ1n) is 4.43. The van der Waals surface area contributed by atoms with Crippen LogP contribution in [0.4, 0.5) is 16.2 Å². The Balaban J connectivity index is 3.18. The molecule has 0 bridgehead atoms. The van der Waals surface area contributed by atoms with Crippen LogP contribution in [0.3, 0.4) is 0 Å². The van der Waals surface area contributed by atoms with Crippen molar-refractivity contribution in [2.45, 2.75) is 0 Å². The Kier molecular flexibility index (Phi) is 3.81. The summed E-state index contributed by atoms with van der Waals surface area (Å²) in [6, 6.07) is 1.72. The molecule has 0 radical (unpaired) electrons. The van der Waals surface area contributed by atoms with Gasteiger partial charge in [0, 0.05) is 6.07 Å². The molecule has 6 N–H and O–H groups in total. The summed E-state index contributed by atoms with van der Waals surface area (Å²) in [5.74, 6) is -0.228. The average Bonchev–Trinajstić information content (AvgIpc) is 2.20. The van der Waals surface area contributed by atoms with Crippen molar-refractivity contribution in [3.63, 3.8) is 0 Å². The van der Waals surface area contributed by atoms with Crippen molar-refractivity contribution in [1.29, 1.82) is 0 Å². The number of aromatic hydroxyl groups is 1. The number of urea groups is 1. The molecule has 0 aromatic heterocycles. The monoisotopic (exact) mass is 245 g/mol. The summed E-state index contributed by atoms with van der Waals surface area (Å²) in [5.41, 5.74) is 10.9. The maximum atomic E-state index is 11.1. The number of benzene rings is 1. The highest BCUT2D eigenvalue weighted by Crippen LogP contribution is 2.34. The summed E-state index contributed by atoms with van der Waals surface area (Å²) in [6.45, 7) is -0.326. The van der Waals surface area contributed by atoms with Gasteiger partial charge in [-0.1, -0.05) is 11.6 Å². The van der Waals surface area contributed by atoms with E-state index in [2.05, 4.69) is 0 Å². The first-order valence-corrected chi connectivity index (χ1v) is 4.81. The minimum Gasteiger partial charge on any atom is -0.506 e. The Morgan fingerprint density at radius 2 is 2.12 bits per heavy atom. The van der Waals surface area contributed by atoms with Crippen LogP contribution < -0.4 is 16.4 Å². The van der Waals surface area contributed by atoms with Gasteiger partial charge in [0.2, 0.25) is 0 Å². The lowest BCUT2D eigenvalue weighted by molar-refractivity contribution is 0.249. The second kappa shape index (κ2) is 4.91. The standard InChI is InChI=1S/C9H12ClN3O3/c10-5-3-7(8(15)4-6(5)11)13(1-2-14)9(12)16/h3-4,14-15H,1-2,11H2,(H2,12,16). The van der Waals surface area contributed by atoms with Crippen LogP contribution in [-0.2, 0) is 0 Å². The number of halogens is 1. The maximum Gasteiger partial charge on any atom is 0.319 e. The molecular weight excluding hydrogens is 234 g/mol. The molecule has 1 aromatic rings. The SMILES string of the molecule is NC(=O)N(CCO)c1cc(Cl)c(N)cc1O. The molecule has 0 aliphatic carbocycles. The third-order valence-corrected chi connectivity index (χ3v) is 2.30. The van der Waals surface area contributed by atoms with E-state index in [1.807, 2.05) is 0 Å². The van der Waals surface area contributed by atoms with Crippen LogP contribution in [-0.4, -0.2) is 29.4 Å². The van der Waals surface area contributed by atoms with Crippen LogP contribution in [0, 0.1) is 0 Å². The quantitative estimate of drug-likeness (QED) is 0.581. The van der Waals surface area contributed by atoms with Gasteiger partial charge < -0.3 is 21.7 Å². The van der Waals surface area contributed by atoms with Crippen molar-refractivity contribution >= 4 is 29.0 Å². The Morgan fingerprint density at radius 1 is 1.50 bits per heavy atom. The zero-order valence-corrected chi connectivity index (χ0v) is 9.11. The van der Waals surface area contributed by atoms with Crippen molar-refractivity contribution in [2.75, 3.05) is 23.8 Å². The molecule has 0 spiro atoms. The molecule has 2 amide bonds. The van der Waals surface area contributed by atoms with Crippen molar-refractivity contribution in [2.24, 2.45) is 5.73 Å². The second-order valence-corrected chi connectivity index (χ2v) is 3.48. The zero-order valence-electron chi connectivity index (χ0n) is 8.35. The van der Waals surface area contributed by atoms with Gasteiger partial charge in [0.1, 0.15) is 5.75 Å². The molecule has 0 saturated carbocycles. The highest BCUT2D eigenvalue weighted by atomic mass is 35.5. The predicted octanol–water partition coefficient (Wildman–Crippen LogP) is 0.505. The fourth-order valence-corrected chi connectivity index (χ4v) is 1.39.